The minimum atomic E-state index is 0.466. The highest BCUT2D eigenvalue weighted by molar-refractivity contribution is 5.57. The number of aromatic nitrogens is 4. The first-order chi connectivity index (χ1) is 9.13. The summed E-state index contributed by atoms with van der Waals surface area (Å²) in [5.41, 5.74) is 8.36. The van der Waals surface area contributed by atoms with Crippen molar-refractivity contribution >= 4 is 5.82 Å². The summed E-state index contributed by atoms with van der Waals surface area (Å²) >= 11 is 0. The second kappa shape index (κ2) is 4.24. The predicted molar refractivity (Wildman–Crippen MR) is 70.7 cm³/mol. The van der Waals surface area contributed by atoms with Gasteiger partial charge in [0.2, 0.25) is 0 Å². The Kier molecular flexibility index (Phi) is 2.56. The molecule has 0 aliphatic carbocycles. The third-order valence-electron chi connectivity index (χ3n) is 2.67. The van der Waals surface area contributed by atoms with Crippen molar-refractivity contribution < 1.29 is 4.42 Å². The molecule has 0 spiro atoms. The quantitative estimate of drug-likeness (QED) is 0.758. The molecule has 2 N–H and O–H groups in total. The Morgan fingerprint density at radius 2 is 1.89 bits per heavy atom. The summed E-state index contributed by atoms with van der Waals surface area (Å²) in [6.45, 7) is 3.82. The molecule has 6 nitrogen and oxygen atoms in total. The van der Waals surface area contributed by atoms with E-state index in [1.807, 2.05) is 26.0 Å². The maximum Gasteiger partial charge on any atom is 0.252 e. The second-order valence-electron chi connectivity index (χ2n) is 4.29. The number of anilines is 1. The van der Waals surface area contributed by atoms with Gasteiger partial charge in [-0.2, -0.15) is 9.78 Å². The Morgan fingerprint density at radius 3 is 2.53 bits per heavy atom. The highest BCUT2D eigenvalue weighted by Crippen LogP contribution is 2.22. The molecular formula is C13H13N5O. The van der Waals surface area contributed by atoms with Crippen LogP contribution in [0.2, 0.25) is 0 Å². The number of aryl methyl sites for hydroxylation is 2. The van der Waals surface area contributed by atoms with E-state index in [-0.39, 0.29) is 0 Å². The van der Waals surface area contributed by atoms with Crippen molar-refractivity contribution in [2.45, 2.75) is 13.8 Å². The number of nitrogens with two attached hydrogens (primary N) is 1. The van der Waals surface area contributed by atoms with Crippen molar-refractivity contribution in [2.24, 2.45) is 0 Å². The van der Waals surface area contributed by atoms with Gasteiger partial charge >= 0.3 is 0 Å². The monoisotopic (exact) mass is 255 g/mol. The van der Waals surface area contributed by atoms with Gasteiger partial charge in [0.05, 0.1) is 6.26 Å². The van der Waals surface area contributed by atoms with Crippen LogP contribution in [0.5, 0.6) is 0 Å². The zero-order valence-electron chi connectivity index (χ0n) is 10.7. The summed E-state index contributed by atoms with van der Waals surface area (Å²) in [6, 6.07) is 7.27. The lowest BCUT2D eigenvalue weighted by Crippen LogP contribution is -2.08. The average Bonchev–Trinajstić information content (AvgIpc) is 2.95. The summed E-state index contributed by atoms with van der Waals surface area (Å²) in [5.74, 6) is 1.60. The summed E-state index contributed by atoms with van der Waals surface area (Å²) in [6.07, 6.45) is 1.60. The lowest BCUT2D eigenvalue weighted by Gasteiger charge is -2.04. The molecule has 3 rings (SSSR count). The maximum absolute atomic E-state index is 5.96. The van der Waals surface area contributed by atoms with Crippen LogP contribution in [-0.4, -0.2) is 19.7 Å². The number of nitrogens with zero attached hydrogens (tertiary/aromatic N) is 4. The Bertz CT molecular complexity index is 694. The van der Waals surface area contributed by atoms with Gasteiger partial charge < -0.3 is 10.2 Å². The Hall–Kier alpha value is -2.63. The van der Waals surface area contributed by atoms with E-state index in [2.05, 4.69) is 15.1 Å². The van der Waals surface area contributed by atoms with Crippen LogP contribution in [0.4, 0.5) is 5.82 Å². The summed E-state index contributed by atoms with van der Waals surface area (Å²) in [5, 5.41) is 4.38. The second-order valence-corrected chi connectivity index (χ2v) is 4.29. The molecule has 6 heteroatoms. The molecule has 0 aliphatic heterocycles. The normalized spacial score (nSPS) is 10.8. The smallest absolute Gasteiger partial charge is 0.252 e. The van der Waals surface area contributed by atoms with Gasteiger partial charge in [-0.15, -0.1) is 0 Å². The molecule has 0 aromatic carbocycles. The van der Waals surface area contributed by atoms with Crippen molar-refractivity contribution in [3.05, 3.63) is 41.9 Å². The molecule has 0 bridgehead atoms. The number of hydrogen-bond acceptors (Lipinski definition) is 5. The van der Waals surface area contributed by atoms with Gasteiger partial charge in [-0.3, -0.25) is 0 Å². The first-order valence-electron chi connectivity index (χ1n) is 5.85. The SMILES string of the molecule is Cc1cc(C)nc(-n2nc(-c3ccco3)cc2N)n1. The minimum Gasteiger partial charge on any atom is -0.463 e. The number of furan rings is 1. The van der Waals surface area contributed by atoms with E-state index in [4.69, 9.17) is 10.2 Å². The van der Waals surface area contributed by atoms with Crippen LogP contribution in [0, 0.1) is 13.8 Å². The maximum atomic E-state index is 5.96. The van der Waals surface area contributed by atoms with Gasteiger partial charge in [-0.05, 0) is 32.0 Å². The molecule has 0 radical (unpaired) electrons. The van der Waals surface area contributed by atoms with Crippen LogP contribution in [0.1, 0.15) is 11.4 Å². The number of hydrogen-bond donors (Lipinski definition) is 1. The molecule has 3 aromatic rings. The van der Waals surface area contributed by atoms with Gasteiger partial charge in [0.1, 0.15) is 11.5 Å². The van der Waals surface area contributed by atoms with Gasteiger partial charge in [0, 0.05) is 17.5 Å². The van der Waals surface area contributed by atoms with Crippen molar-refractivity contribution in [1.29, 1.82) is 0 Å². The van der Waals surface area contributed by atoms with E-state index in [1.165, 1.54) is 4.68 Å². The van der Waals surface area contributed by atoms with E-state index in [0.29, 0.717) is 23.2 Å². The van der Waals surface area contributed by atoms with Gasteiger partial charge in [0.15, 0.2) is 5.76 Å². The number of nitrogen functional groups attached to an aromatic ring is 1. The highest BCUT2D eigenvalue weighted by Gasteiger charge is 2.12. The molecule has 0 amide bonds. The van der Waals surface area contributed by atoms with E-state index >= 15 is 0 Å². The van der Waals surface area contributed by atoms with Crippen molar-refractivity contribution in [1.82, 2.24) is 19.7 Å². The zero-order chi connectivity index (χ0) is 13.4. The molecule has 19 heavy (non-hydrogen) atoms. The fourth-order valence-corrected chi connectivity index (χ4v) is 1.90. The Labute approximate surface area is 109 Å². The van der Waals surface area contributed by atoms with Gasteiger partial charge in [-0.25, -0.2) is 9.97 Å². The van der Waals surface area contributed by atoms with E-state index in [9.17, 15) is 0 Å². The molecule has 3 heterocycles. The molecular weight excluding hydrogens is 242 g/mol. The van der Waals surface area contributed by atoms with Crippen LogP contribution in [0.15, 0.2) is 34.9 Å². The van der Waals surface area contributed by atoms with Crippen LogP contribution in [0.25, 0.3) is 17.4 Å². The van der Waals surface area contributed by atoms with Crippen LogP contribution >= 0.6 is 0 Å². The van der Waals surface area contributed by atoms with E-state index < -0.39 is 0 Å². The molecule has 0 saturated heterocycles. The predicted octanol–water partition coefficient (Wildman–Crippen LogP) is 2.12. The first-order valence-corrected chi connectivity index (χ1v) is 5.85. The van der Waals surface area contributed by atoms with Crippen molar-refractivity contribution in [3.63, 3.8) is 0 Å². The lowest BCUT2D eigenvalue weighted by molar-refractivity contribution is 0.578. The molecule has 3 aromatic heterocycles. The molecule has 96 valence electrons. The molecule has 0 fully saturated rings. The standard InChI is InChI=1S/C13H13N5O/c1-8-6-9(2)16-13(15-8)18-12(14)7-10(17-18)11-4-3-5-19-11/h3-7H,14H2,1-2H3. The third-order valence-corrected chi connectivity index (χ3v) is 2.67. The lowest BCUT2D eigenvalue weighted by atomic mass is 10.3. The fraction of sp³-hybridized carbons (Fsp3) is 0.154. The molecule has 0 unspecified atom stereocenters. The molecule has 0 aliphatic rings. The topological polar surface area (TPSA) is 82.8 Å². The van der Waals surface area contributed by atoms with Crippen LogP contribution in [0.3, 0.4) is 0 Å². The number of rotatable bonds is 2. The zero-order valence-corrected chi connectivity index (χ0v) is 10.7. The van der Waals surface area contributed by atoms with Crippen molar-refractivity contribution in [3.8, 4) is 17.4 Å². The van der Waals surface area contributed by atoms with Gasteiger partial charge in [-0.1, -0.05) is 0 Å². The van der Waals surface area contributed by atoms with Crippen LogP contribution < -0.4 is 5.73 Å². The van der Waals surface area contributed by atoms with E-state index in [0.717, 1.165) is 11.4 Å². The average molecular weight is 255 g/mol. The van der Waals surface area contributed by atoms with E-state index in [1.54, 1.807) is 18.4 Å². The van der Waals surface area contributed by atoms with Crippen LogP contribution in [-0.2, 0) is 0 Å². The Morgan fingerprint density at radius 1 is 1.16 bits per heavy atom. The summed E-state index contributed by atoms with van der Waals surface area (Å²) in [7, 11) is 0. The summed E-state index contributed by atoms with van der Waals surface area (Å²) < 4.78 is 6.81. The summed E-state index contributed by atoms with van der Waals surface area (Å²) in [4.78, 5) is 8.68. The highest BCUT2D eigenvalue weighted by atomic mass is 16.3. The Balaban J connectivity index is 2.10. The molecule has 0 saturated carbocycles. The minimum absolute atomic E-state index is 0.466. The first kappa shape index (κ1) is 11.5. The third kappa shape index (κ3) is 2.08. The largest absolute Gasteiger partial charge is 0.463 e. The van der Waals surface area contributed by atoms with Crippen molar-refractivity contribution in [2.75, 3.05) is 5.73 Å². The fourth-order valence-electron chi connectivity index (χ4n) is 1.90. The van der Waals surface area contributed by atoms with Gasteiger partial charge in [0.25, 0.3) is 5.95 Å². The molecule has 0 atom stereocenters.